The number of hydrogen-bond acceptors (Lipinski definition) is 4. The summed E-state index contributed by atoms with van der Waals surface area (Å²) in [5, 5.41) is 0.695. The van der Waals surface area contributed by atoms with Crippen molar-refractivity contribution in [3.63, 3.8) is 0 Å². The van der Waals surface area contributed by atoms with Gasteiger partial charge in [0.25, 0.3) is 0 Å². The maximum Gasteiger partial charge on any atom is 0.0700 e. The maximum atomic E-state index is 6.09. The molecule has 4 heteroatoms. The Balaban J connectivity index is 1.42. The normalized spacial score (nSPS) is 41.3. The van der Waals surface area contributed by atoms with Crippen LogP contribution in [0.15, 0.2) is 0 Å². The Labute approximate surface area is 113 Å². The van der Waals surface area contributed by atoms with Crippen LogP contribution in [-0.2, 0) is 14.2 Å². The molecule has 0 saturated carbocycles. The van der Waals surface area contributed by atoms with Crippen LogP contribution < -0.4 is 0 Å². The highest BCUT2D eigenvalue weighted by Gasteiger charge is 2.49. The topological polar surface area (TPSA) is 27.7 Å². The van der Waals surface area contributed by atoms with Gasteiger partial charge < -0.3 is 14.2 Å². The summed E-state index contributed by atoms with van der Waals surface area (Å²) in [7, 11) is 0. The molecule has 4 aliphatic rings. The molecular formula is C14H22O3S. The van der Waals surface area contributed by atoms with Crippen molar-refractivity contribution in [3.8, 4) is 0 Å². The molecule has 0 aromatic heterocycles. The van der Waals surface area contributed by atoms with Crippen LogP contribution in [-0.4, -0.2) is 50.1 Å². The lowest BCUT2D eigenvalue weighted by Gasteiger charge is -2.52. The quantitative estimate of drug-likeness (QED) is 0.729. The fourth-order valence-corrected chi connectivity index (χ4v) is 5.53. The van der Waals surface area contributed by atoms with E-state index >= 15 is 0 Å². The summed E-state index contributed by atoms with van der Waals surface area (Å²) < 4.78 is 17.0. The van der Waals surface area contributed by atoms with Crippen molar-refractivity contribution < 1.29 is 14.2 Å². The Morgan fingerprint density at radius 2 is 1.61 bits per heavy atom. The average Bonchev–Trinajstić information content (AvgIpc) is 2.35. The Bertz CT molecular complexity index is 293. The fraction of sp³-hybridized carbons (Fsp3) is 1.00. The molecule has 4 fully saturated rings. The SMILES string of the molecule is C1CC2(COC2)CC(C2CC3(CCS2)COC3)O1. The van der Waals surface area contributed by atoms with Crippen LogP contribution in [0.25, 0.3) is 0 Å². The van der Waals surface area contributed by atoms with Gasteiger partial charge in [0, 0.05) is 22.7 Å². The van der Waals surface area contributed by atoms with E-state index in [0.717, 1.165) is 33.0 Å². The molecule has 2 atom stereocenters. The van der Waals surface area contributed by atoms with Crippen molar-refractivity contribution in [2.45, 2.75) is 37.0 Å². The van der Waals surface area contributed by atoms with Crippen molar-refractivity contribution in [2.75, 3.05) is 38.8 Å². The van der Waals surface area contributed by atoms with Crippen molar-refractivity contribution in [3.05, 3.63) is 0 Å². The van der Waals surface area contributed by atoms with E-state index in [4.69, 9.17) is 14.2 Å². The van der Waals surface area contributed by atoms with E-state index in [9.17, 15) is 0 Å². The average molecular weight is 270 g/mol. The first-order chi connectivity index (χ1) is 8.79. The van der Waals surface area contributed by atoms with Gasteiger partial charge in [-0.1, -0.05) is 0 Å². The van der Waals surface area contributed by atoms with E-state index in [1.807, 2.05) is 0 Å². The van der Waals surface area contributed by atoms with Crippen molar-refractivity contribution in [2.24, 2.45) is 10.8 Å². The second-order valence-electron chi connectivity index (χ2n) is 6.71. The fourth-order valence-electron chi connectivity index (χ4n) is 3.81. The van der Waals surface area contributed by atoms with Gasteiger partial charge in [-0.15, -0.1) is 0 Å². The first kappa shape index (κ1) is 12.0. The van der Waals surface area contributed by atoms with Gasteiger partial charge in [-0.3, -0.25) is 0 Å². The van der Waals surface area contributed by atoms with Gasteiger partial charge >= 0.3 is 0 Å². The third-order valence-corrected chi connectivity index (χ3v) is 6.58. The minimum Gasteiger partial charge on any atom is -0.380 e. The minimum absolute atomic E-state index is 0.463. The first-order valence-corrected chi connectivity index (χ1v) is 8.23. The predicted octanol–water partition coefficient (Wildman–Crippen LogP) is 2.09. The van der Waals surface area contributed by atoms with Gasteiger partial charge in [-0.25, -0.2) is 0 Å². The van der Waals surface area contributed by atoms with Crippen LogP contribution in [0.5, 0.6) is 0 Å². The second kappa shape index (κ2) is 4.37. The second-order valence-corrected chi connectivity index (χ2v) is 8.06. The summed E-state index contributed by atoms with van der Waals surface area (Å²) in [4.78, 5) is 0. The van der Waals surface area contributed by atoms with Gasteiger partial charge in [0.05, 0.1) is 32.5 Å². The van der Waals surface area contributed by atoms with Crippen LogP contribution in [0, 0.1) is 10.8 Å². The Morgan fingerprint density at radius 1 is 0.889 bits per heavy atom. The standard InChI is InChI=1S/C14H22O3S/c1-3-17-11(5-13(1)7-15-8-13)12-6-14(2-4-18-12)9-16-10-14/h11-12H,1-10H2. The van der Waals surface area contributed by atoms with Crippen LogP contribution in [0.1, 0.15) is 25.7 Å². The lowest BCUT2D eigenvalue weighted by molar-refractivity contribution is -0.182. The molecule has 4 aliphatic heterocycles. The molecule has 0 aromatic carbocycles. The molecule has 3 nitrogen and oxygen atoms in total. The maximum absolute atomic E-state index is 6.09. The molecule has 0 aromatic rings. The van der Waals surface area contributed by atoms with Crippen molar-refractivity contribution >= 4 is 11.8 Å². The molecular weight excluding hydrogens is 248 g/mol. The first-order valence-electron chi connectivity index (χ1n) is 7.18. The molecule has 4 rings (SSSR count). The van der Waals surface area contributed by atoms with E-state index in [1.54, 1.807) is 0 Å². The Morgan fingerprint density at radius 3 is 2.28 bits per heavy atom. The van der Waals surface area contributed by atoms with Crippen LogP contribution in [0.3, 0.4) is 0 Å². The van der Waals surface area contributed by atoms with Crippen LogP contribution in [0.4, 0.5) is 0 Å². The Kier molecular flexibility index (Phi) is 2.91. The van der Waals surface area contributed by atoms with Crippen LogP contribution >= 0.6 is 11.8 Å². The van der Waals surface area contributed by atoms with E-state index in [2.05, 4.69) is 11.8 Å². The van der Waals surface area contributed by atoms with Crippen molar-refractivity contribution in [1.29, 1.82) is 0 Å². The zero-order valence-electron chi connectivity index (χ0n) is 10.9. The highest BCUT2D eigenvalue weighted by molar-refractivity contribution is 8.00. The zero-order chi connectivity index (χ0) is 12.1. The number of thioether (sulfide) groups is 1. The van der Waals surface area contributed by atoms with Crippen molar-refractivity contribution in [1.82, 2.24) is 0 Å². The molecule has 4 saturated heterocycles. The van der Waals surface area contributed by atoms with E-state index < -0.39 is 0 Å². The largest absolute Gasteiger partial charge is 0.380 e. The summed E-state index contributed by atoms with van der Waals surface area (Å²) in [5.41, 5.74) is 0.990. The van der Waals surface area contributed by atoms with E-state index in [-0.39, 0.29) is 0 Å². The van der Waals surface area contributed by atoms with E-state index in [0.29, 0.717) is 22.2 Å². The molecule has 4 heterocycles. The lowest BCUT2D eigenvalue weighted by atomic mass is 9.72. The van der Waals surface area contributed by atoms with E-state index in [1.165, 1.54) is 31.4 Å². The zero-order valence-corrected chi connectivity index (χ0v) is 11.7. The summed E-state index contributed by atoms with van der Waals surface area (Å²) in [5.74, 6) is 1.29. The monoisotopic (exact) mass is 270 g/mol. The third-order valence-electron chi connectivity index (χ3n) is 5.24. The molecule has 18 heavy (non-hydrogen) atoms. The number of rotatable bonds is 1. The van der Waals surface area contributed by atoms with Gasteiger partial charge in [0.2, 0.25) is 0 Å². The lowest BCUT2D eigenvalue weighted by Crippen LogP contribution is -2.54. The summed E-state index contributed by atoms with van der Waals surface area (Å²) in [6.45, 7) is 4.86. The molecule has 2 unspecified atom stereocenters. The van der Waals surface area contributed by atoms with Crippen LogP contribution in [0.2, 0.25) is 0 Å². The molecule has 0 radical (unpaired) electrons. The smallest absolute Gasteiger partial charge is 0.0700 e. The number of hydrogen-bond donors (Lipinski definition) is 0. The predicted molar refractivity (Wildman–Crippen MR) is 71.0 cm³/mol. The van der Waals surface area contributed by atoms with Gasteiger partial charge in [-0.05, 0) is 31.4 Å². The highest BCUT2D eigenvalue weighted by Crippen LogP contribution is 2.49. The molecule has 0 bridgehead atoms. The molecule has 0 N–H and O–H groups in total. The highest BCUT2D eigenvalue weighted by atomic mass is 32.2. The summed E-state index contributed by atoms with van der Waals surface area (Å²) in [6.07, 6.45) is 5.54. The Hall–Kier alpha value is 0.230. The summed E-state index contributed by atoms with van der Waals surface area (Å²) >= 11 is 2.14. The van der Waals surface area contributed by atoms with Gasteiger partial charge in [0.1, 0.15) is 0 Å². The minimum atomic E-state index is 0.463. The summed E-state index contributed by atoms with van der Waals surface area (Å²) in [6, 6.07) is 0. The molecule has 2 spiro atoms. The third kappa shape index (κ3) is 1.92. The molecule has 0 aliphatic carbocycles. The molecule has 102 valence electrons. The number of ether oxygens (including phenoxy) is 3. The van der Waals surface area contributed by atoms with Gasteiger partial charge in [-0.2, -0.15) is 11.8 Å². The van der Waals surface area contributed by atoms with Gasteiger partial charge in [0.15, 0.2) is 0 Å². The molecule has 0 amide bonds.